The second-order valence-electron chi connectivity index (χ2n) is 6.92. The number of nitro benzene ring substituents is 1. The zero-order valence-electron chi connectivity index (χ0n) is 17.1. The van der Waals surface area contributed by atoms with Gasteiger partial charge in [-0.15, -0.1) is 0 Å². The molecule has 3 aromatic carbocycles. The molecule has 3 aromatic rings. The van der Waals surface area contributed by atoms with Crippen LogP contribution < -0.4 is 14.9 Å². The molecular weight excluding hydrogens is 456 g/mol. The van der Waals surface area contributed by atoms with Gasteiger partial charge in [0.1, 0.15) is 5.69 Å². The molecule has 0 radical (unpaired) electrons. The van der Waals surface area contributed by atoms with Gasteiger partial charge in [0.25, 0.3) is 21.6 Å². The van der Waals surface area contributed by atoms with E-state index in [1.807, 2.05) is 0 Å². The van der Waals surface area contributed by atoms with E-state index in [2.05, 4.69) is 10.0 Å². The van der Waals surface area contributed by atoms with Crippen molar-refractivity contribution >= 4 is 50.3 Å². The monoisotopic (exact) mass is 474 g/mol. The van der Waals surface area contributed by atoms with Crippen molar-refractivity contribution in [1.29, 1.82) is 0 Å². The molecule has 0 bridgehead atoms. The number of para-hydroxylation sites is 1. The summed E-state index contributed by atoms with van der Waals surface area (Å²) < 4.78 is 27.8. The number of nitrogens with zero attached hydrogens (tertiary/aromatic N) is 2. The molecule has 0 spiro atoms. The predicted octanol–water partition coefficient (Wildman–Crippen LogP) is 4.37. The van der Waals surface area contributed by atoms with Crippen molar-refractivity contribution in [1.82, 2.24) is 0 Å². The highest BCUT2D eigenvalue weighted by Crippen LogP contribution is 2.28. The SMILES string of the molecule is CN(C)c1ccc(C(=O)Nc2cccc(S(=O)(=O)Nc3ccccc3Cl)c2)cc1[N+](=O)[O-]. The molecule has 0 aromatic heterocycles. The summed E-state index contributed by atoms with van der Waals surface area (Å²) in [6, 6.07) is 16.1. The molecule has 0 saturated carbocycles. The first-order chi connectivity index (χ1) is 15.1. The fourth-order valence-electron chi connectivity index (χ4n) is 2.88. The lowest BCUT2D eigenvalue weighted by atomic mass is 10.1. The summed E-state index contributed by atoms with van der Waals surface area (Å²) in [6.07, 6.45) is 0. The fraction of sp³-hybridized carbons (Fsp3) is 0.0952. The molecule has 0 saturated heterocycles. The molecule has 0 aliphatic rings. The second kappa shape index (κ2) is 9.25. The van der Waals surface area contributed by atoms with Crippen LogP contribution in [0.3, 0.4) is 0 Å². The number of hydrogen-bond donors (Lipinski definition) is 2. The van der Waals surface area contributed by atoms with Crippen molar-refractivity contribution in [3.8, 4) is 0 Å². The Kier molecular flexibility index (Phi) is 6.66. The maximum atomic E-state index is 12.7. The normalized spacial score (nSPS) is 11.0. The molecule has 11 heteroatoms. The van der Waals surface area contributed by atoms with Gasteiger partial charge < -0.3 is 10.2 Å². The quantitative estimate of drug-likeness (QED) is 0.387. The lowest BCUT2D eigenvalue weighted by Gasteiger charge is -2.14. The zero-order valence-corrected chi connectivity index (χ0v) is 18.6. The van der Waals surface area contributed by atoms with Gasteiger partial charge in [0.15, 0.2) is 0 Å². The minimum absolute atomic E-state index is 0.0600. The van der Waals surface area contributed by atoms with Gasteiger partial charge in [-0.25, -0.2) is 8.42 Å². The first-order valence-corrected chi connectivity index (χ1v) is 11.1. The minimum atomic E-state index is -3.97. The molecule has 0 heterocycles. The summed E-state index contributed by atoms with van der Waals surface area (Å²) in [5, 5.41) is 14.2. The van der Waals surface area contributed by atoms with E-state index >= 15 is 0 Å². The van der Waals surface area contributed by atoms with Crippen molar-refractivity contribution in [3.63, 3.8) is 0 Å². The van der Waals surface area contributed by atoms with Crippen LogP contribution in [0.5, 0.6) is 0 Å². The Bertz CT molecular complexity index is 1290. The van der Waals surface area contributed by atoms with Crippen LogP contribution in [-0.2, 0) is 10.0 Å². The molecule has 3 rings (SSSR count). The summed E-state index contributed by atoms with van der Waals surface area (Å²) in [5.74, 6) is -0.619. The second-order valence-corrected chi connectivity index (χ2v) is 9.01. The number of nitrogens with one attached hydrogen (secondary N) is 2. The van der Waals surface area contributed by atoms with Crippen molar-refractivity contribution in [3.05, 3.63) is 87.4 Å². The molecule has 0 aliphatic carbocycles. The van der Waals surface area contributed by atoms with Crippen molar-refractivity contribution in [2.24, 2.45) is 0 Å². The van der Waals surface area contributed by atoms with E-state index in [0.29, 0.717) is 5.69 Å². The van der Waals surface area contributed by atoms with E-state index in [1.54, 1.807) is 37.2 Å². The fourth-order valence-corrected chi connectivity index (χ4v) is 4.25. The number of benzene rings is 3. The Balaban J connectivity index is 1.84. The molecule has 32 heavy (non-hydrogen) atoms. The van der Waals surface area contributed by atoms with Gasteiger partial charge in [-0.3, -0.25) is 19.6 Å². The van der Waals surface area contributed by atoms with Crippen LogP contribution in [0, 0.1) is 10.1 Å². The molecule has 0 aliphatic heterocycles. The molecule has 0 atom stereocenters. The standard InChI is InChI=1S/C21H19ClN4O5S/c1-25(2)19-11-10-14(12-20(19)26(28)29)21(27)23-15-6-5-7-16(13-15)32(30,31)24-18-9-4-3-8-17(18)22/h3-13,24H,1-2H3,(H,23,27). The maximum absolute atomic E-state index is 12.7. The van der Waals surface area contributed by atoms with Gasteiger partial charge >= 0.3 is 0 Å². The first kappa shape index (κ1) is 23.0. The summed E-state index contributed by atoms with van der Waals surface area (Å²) in [5.41, 5.74) is 0.617. The van der Waals surface area contributed by atoms with Crippen LogP contribution in [0.25, 0.3) is 0 Å². The number of halogens is 1. The van der Waals surface area contributed by atoms with Gasteiger partial charge in [-0.05, 0) is 42.5 Å². The number of anilines is 3. The summed E-state index contributed by atoms with van der Waals surface area (Å²) in [7, 11) is -0.658. The number of carbonyl (C=O) groups excluding carboxylic acids is 1. The lowest BCUT2D eigenvalue weighted by Crippen LogP contribution is -2.16. The highest BCUT2D eigenvalue weighted by atomic mass is 35.5. The van der Waals surface area contributed by atoms with Crippen LogP contribution in [-0.4, -0.2) is 33.3 Å². The minimum Gasteiger partial charge on any atom is -0.372 e. The average molecular weight is 475 g/mol. The van der Waals surface area contributed by atoms with Crippen LogP contribution in [0.4, 0.5) is 22.7 Å². The number of rotatable bonds is 7. The van der Waals surface area contributed by atoms with Crippen LogP contribution in [0.1, 0.15) is 10.4 Å². The van der Waals surface area contributed by atoms with Crippen molar-refractivity contribution in [2.75, 3.05) is 29.0 Å². The third kappa shape index (κ3) is 5.16. The first-order valence-electron chi connectivity index (χ1n) is 9.23. The highest BCUT2D eigenvalue weighted by Gasteiger charge is 2.20. The number of amides is 1. The van der Waals surface area contributed by atoms with Crippen LogP contribution >= 0.6 is 11.6 Å². The van der Waals surface area contributed by atoms with Crippen LogP contribution in [0.2, 0.25) is 5.02 Å². The number of nitro groups is 1. The van der Waals surface area contributed by atoms with E-state index in [-0.39, 0.29) is 32.5 Å². The Hall–Kier alpha value is -3.63. The van der Waals surface area contributed by atoms with Gasteiger partial charge in [-0.2, -0.15) is 0 Å². The average Bonchev–Trinajstić information content (AvgIpc) is 2.75. The highest BCUT2D eigenvalue weighted by molar-refractivity contribution is 7.92. The number of sulfonamides is 1. The number of hydrogen-bond acceptors (Lipinski definition) is 6. The van der Waals surface area contributed by atoms with Crippen molar-refractivity contribution < 1.29 is 18.1 Å². The molecule has 0 fully saturated rings. The lowest BCUT2D eigenvalue weighted by molar-refractivity contribution is -0.384. The summed E-state index contributed by atoms with van der Waals surface area (Å²) in [4.78, 5) is 24.9. The van der Waals surface area contributed by atoms with Gasteiger partial charge in [0.05, 0.1) is 20.5 Å². The topological polar surface area (TPSA) is 122 Å². The molecule has 0 unspecified atom stereocenters. The van der Waals surface area contributed by atoms with Crippen LogP contribution in [0.15, 0.2) is 71.6 Å². The Morgan fingerprint density at radius 3 is 2.41 bits per heavy atom. The van der Waals surface area contributed by atoms with E-state index in [4.69, 9.17) is 11.6 Å². The Morgan fingerprint density at radius 2 is 1.75 bits per heavy atom. The molecule has 2 N–H and O–H groups in total. The van der Waals surface area contributed by atoms with Crippen molar-refractivity contribution in [2.45, 2.75) is 4.90 Å². The van der Waals surface area contributed by atoms with Gasteiger partial charge in [0, 0.05) is 31.4 Å². The van der Waals surface area contributed by atoms with E-state index < -0.39 is 20.9 Å². The largest absolute Gasteiger partial charge is 0.372 e. The number of carbonyl (C=O) groups is 1. The van der Waals surface area contributed by atoms with Gasteiger partial charge in [-0.1, -0.05) is 29.8 Å². The zero-order chi connectivity index (χ0) is 23.5. The molecule has 9 nitrogen and oxygen atoms in total. The Labute approximate surface area is 189 Å². The third-order valence-corrected chi connectivity index (χ3v) is 6.13. The Morgan fingerprint density at radius 1 is 1.03 bits per heavy atom. The van der Waals surface area contributed by atoms with E-state index in [0.717, 1.165) is 0 Å². The maximum Gasteiger partial charge on any atom is 0.293 e. The summed E-state index contributed by atoms with van der Waals surface area (Å²) >= 11 is 6.02. The van der Waals surface area contributed by atoms with E-state index in [9.17, 15) is 23.3 Å². The molecule has 1 amide bonds. The summed E-state index contributed by atoms with van der Waals surface area (Å²) in [6.45, 7) is 0. The third-order valence-electron chi connectivity index (χ3n) is 4.44. The predicted molar refractivity (Wildman–Crippen MR) is 124 cm³/mol. The molecular formula is C21H19ClN4O5S. The smallest absolute Gasteiger partial charge is 0.293 e. The molecule has 166 valence electrons. The van der Waals surface area contributed by atoms with Gasteiger partial charge in [0.2, 0.25) is 0 Å². The van der Waals surface area contributed by atoms with E-state index in [1.165, 1.54) is 48.5 Å².